The maximum absolute atomic E-state index is 12.2. The number of hydrogen-bond donors (Lipinski definition) is 1. The molecule has 2 aliphatic rings. The minimum absolute atomic E-state index is 0.179. The zero-order chi connectivity index (χ0) is 15.3. The molecule has 3 rings (SSSR count). The molecule has 3 heterocycles. The van der Waals surface area contributed by atoms with Crippen LogP contribution >= 0.6 is 0 Å². The summed E-state index contributed by atoms with van der Waals surface area (Å²) in [5.41, 5.74) is 1.07. The lowest BCUT2D eigenvalue weighted by Crippen LogP contribution is -2.57. The Morgan fingerprint density at radius 3 is 2.76 bits per heavy atom. The van der Waals surface area contributed by atoms with Gasteiger partial charge in [0.05, 0.1) is 0 Å². The van der Waals surface area contributed by atoms with Gasteiger partial charge < -0.3 is 19.5 Å². The van der Waals surface area contributed by atoms with Crippen LogP contribution in [0.2, 0.25) is 0 Å². The van der Waals surface area contributed by atoms with Crippen molar-refractivity contribution in [2.75, 3.05) is 19.6 Å². The van der Waals surface area contributed by atoms with Crippen LogP contribution in [0, 0.1) is 5.41 Å². The van der Waals surface area contributed by atoms with Crippen molar-refractivity contribution in [3.8, 4) is 0 Å². The van der Waals surface area contributed by atoms with Crippen molar-refractivity contribution in [2.24, 2.45) is 12.5 Å². The molecule has 1 amide bonds. The summed E-state index contributed by atoms with van der Waals surface area (Å²) in [6, 6.07) is 2.51. The summed E-state index contributed by atoms with van der Waals surface area (Å²) in [5.74, 6) is 0. The lowest BCUT2D eigenvalue weighted by atomic mass is 9.70. The van der Waals surface area contributed by atoms with Crippen molar-refractivity contribution >= 4 is 6.09 Å². The first-order chi connectivity index (χ1) is 9.79. The van der Waals surface area contributed by atoms with E-state index in [1.165, 1.54) is 5.56 Å². The number of amides is 1. The summed E-state index contributed by atoms with van der Waals surface area (Å²) in [6.07, 6.45) is 5.09. The number of likely N-dealkylation sites (tertiary alicyclic amines) is 1. The first kappa shape index (κ1) is 14.4. The van der Waals surface area contributed by atoms with Crippen LogP contribution in [0.1, 0.15) is 38.8 Å². The topological polar surface area (TPSA) is 46.5 Å². The summed E-state index contributed by atoms with van der Waals surface area (Å²) >= 11 is 0. The molecule has 0 radical (unpaired) electrons. The van der Waals surface area contributed by atoms with E-state index in [2.05, 4.69) is 28.3 Å². The number of hydrogen-bond acceptors (Lipinski definition) is 3. The highest BCUT2D eigenvalue weighted by molar-refractivity contribution is 5.68. The van der Waals surface area contributed by atoms with E-state index in [4.69, 9.17) is 4.74 Å². The molecular formula is C16H25N3O2. The molecule has 0 aromatic carbocycles. The molecule has 0 aliphatic carbocycles. The lowest BCUT2D eigenvalue weighted by molar-refractivity contribution is 0.0216. The predicted molar refractivity (Wildman–Crippen MR) is 81.0 cm³/mol. The van der Waals surface area contributed by atoms with Crippen molar-refractivity contribution < 1.29 is 9.53 Å². The highest BCUT2D eigenvalue weighted by Crippen LogP contribution is 2.48. The number of nitrogens with zero attached hydrogens (tertiary/aromatic N) is 2. The van der Waals surface area contributed by atoms with Crippen LogP contribution < -0.4 is 5.32 Å². The van der Waals surface area contributed by atoms with Gasteiger partial charge in [0.25, 0.3) is 0 Å². The number of carbonyl (C=O) groups excluding carboxylic acids is 1. The molecule has 0 saturated carbocycles. The van der Waals surface area contributed by atoms with Gasteiger partial charge in [0.2, 0.25) is 0 Å². The van der Waals surface area contributed by atoms with Gasteiger partial charge in [0.1, 0.15) is 5.60 Å². The third-order valence-corrected chi connectivity index (χ3v) is 4.50. The number of ether oxygens (including phenoxy) is 1. The smallest absolute Gasteiger partial charge is 0.410 e. The van der Waals surface area contributed by atoms with Gasteiger partial charge in [-0.3, -0.25) is 0 Å². The molecule has 116 valence electrons. The number of rotatable bonds is 1. The molecule has 21 heavy (non-hydrogen) atoms. The van der Waals surface area contributed by atoms with Gasteiger partial charge >= 0.3 is 6.09 Å². The molecule has 2 saturated heterocycles. The molecule has 0 bridgehead atoms. The maximum atomic E-state index is 12.2. The van der Waals surface area contributed by atoms with Crippen molar-refractivity contribution in [2.45, 2.75) is 38.8 Å². The van der Waals surface area contributed by atoms with Crippen LogP contribution in [-0.4, -0.2) is 40.8 Å². The van der Waals surface area contributed by atoms with Crippen LogP contribution in [0.4, 0.5) is 4.79 Å². The second-order valence-electron chi connectivity index (χ2n) is 7.44. The van der Waals surface area contributed by atoms with Crippen molar-refractivity contribution in [3.63, 3.8) is 0 Å². The van der Waals surface area contributed by atoms with E-state index < -0.39 is 5.60 Å². The van der Waals surface area contributed by atoms with Gasteiger partial charge in [-0.2, -0.15) is 0 Å². The van der Waals surface area contributed by atoms with Crippen molar-refractivity contribution in [1.82, 2.24) is 14.8 Å². The van der Waals surface area contributed by atoms with Crippen LogP contribution in [-0.2, 0) is 11.8 Å². The number of carbonyl (C=O) groups is 1. The fourth-order valence-corrected chi connectivity index (χ4v) is 3.42. The minimum atomic E-state index is -0.427. The second kappa shape index (κ2) is 4.77. The van der Waals surface area contributed by atoms with E-state index >= 15 is 0 Å². The first-order valence-electron chi connectivity index (χ1n) is 7.62. The highest BCUT2D eigenvalue weighted by atomic mass is 16.6. The van der Waals surface area contributed by atoms with Gasteiger partial charge in [-0.15, -0.1) is 0 Å². The van der Waals surface area contributed by atoms with Gasteiger partial charge in [0, 0.05) is 50.5 Å². The zero-order valence-corrected chi connectivity index (χ0v) is 13.3. The van der Waals surface area contributed by atoms with Gasteiger partial charge in [-0.1, -0.05) is 0 Å². The Kier molecular flexibility index (Phi) is 3.28. The van der Waals surface area contributed by atoms with E-state index in [-0.39, 0.29) is 11.5 Å². The number of nitrogens with one attached hydrogen (secondary N) is 1. The van der Waals surface area contributed by atoms with E-state index in [9.17, 15) is 4.79 Å². The zero-order valence-electron chi connectivity index (χ0n) is 13.3. The first-order valence-corrected chi connectivity index (χ1v) is 7.62. The maximum Gasteiger partial charge on any atom is 0.410 e. The third-order valence-electron chi connectivity index (χ3n) is 4.50. The number of aryl methyl sites for hydroxylation is 1. The largest absolute Gasteiger partial charge is 0.444 e. The summed E-state index contributed by atoms with van der Waals surface area (Å²) in [4.78, 5) is 14.1. The van der Waals surface area contributed by atoms with Crippen LogP contribution in [0.25, 0.3) is 0 Å². The molecule has 0 unspecified atom stereocenters. The third kappa shape index (κ3) is 2.67. The van der Waals surface area contributed by atoms with Crippen LogP contribution in [0.15, 0.2) is 18.5 Å². The summed E-state index contributed by atoms with van der Waals surface area (Å²) in [7, 11) is 2.04. The fraction of sp³-hybridized carbons (Fsp3) is 0.688. The molecule has 1 N–H and O–H groups in total. The molecule has 1 aromatic rings. The molecule has 1 aromatic heterocycles. The second-order valence-corrected chi connectivity index (χ2v) is 7.44. The van der Waals surface area contributed by atoms with Crippen LogP contribution in [0.5, 0.6) is 0 Å². The minimum Gasteiger partial charge on any atom is -0.444 e. The molecule has 2 atom stereocenters. The standard InChI is InChI=1S/C16H25N3O2/c1-15(2,3)21-14(20)19-8-6-16(11-19)10-17-13(16)12-5-7-18(4)9-12/h5,7,9,13,17H,6,8,10-11H2,1-4H3/t13-,16+/m0/s1. The lowest BCUT2D eigenvalue weighted by Gasteiger charge is -2.48. The Hall–Kier alpha value is -1.49. The highest BCUT2D eigenvalue weighted by Gasteiger charge is 2.52. The normalized spacial score (nSPS) is 28.8. The Bertz CT molecular complexity index is 546. The Balaban J connectivity index is 1.67. The molecule has 2 aliphatic heterocycles. The monoisotopic (exact) mass is 291 g/mol. The Morgan fingerprint density at radius 2 is 2.24 bits per heavy atom. The molecule has 2 fully saturated rings. The quantitative estimate of drug-likeness (QED) is 0.863. The molecular weight excluding hydrogens is 266 g/mol. The Labute approximate surface area is 126 Å². The SMILES string of the molecule is Cn1ccc([C@@H]2NC[C@@]23CCN(C(=O)OC(C)(C)C)C3)c1. The van der Waals surface area contributed by atoms with Crippen molar-refractivity contribution in [1.29, 1.82) is 0 Å². The molecule has 5 heteroatoms. The molecule has 5 nitrogen and oxygen atoms in total. The van der Waals surface area contributed by atoms with E-state index in [1.807, 2.05) is 32.7 Å². The summed E-state index contributed by atoms with van der Waals surface area (Å²) in [6.45, 7) is 8.29. The van der Waals surface area contributed by atoms with Gasteiger partial charge in [-0.25, -0.2) is 4.79 Å². The summed E-state index contributed by atoms with van der Waals surface area (Å²) in [5, 5.41) is 3.52. The van der Waals surface area contributed by atoms with Gasteiger partial charge in [-0.05, 0) is 38.8 Å². The van der Waals surface area contributed by atoms with E-state index in [1.54, 1.807) is 0 Å². The summed E-state index contributed by atoms with van der Waals surface area (Å²) < 4.78 is 7.56. The van der Waals surface area contributed by atoms with E-state index in [0.717, 1.165) is 26.1 Å². The van der Waals surface area contributed by atoms with Crippen molar-refractivity contribution in [3.05, 3.63) is 24.0 Å². The van der Waals surface area contributed by atoms with Crippen LogP contribution in [0.3, 0.4) is 0 Å². The fourth-order valence-electron chi connectivity index (χ4n) is 3.42. The Morgan fingerprint density at radius 1 is 1.48 bits per heavy atom. The average Bonchev–Trinajstić information content (AvgIpc) is 2.94. The number of aromatic nitrogens is 1. The van der Waals surface area contributed by atoms with Gasteiger partial charge in [0.15, 0.2) is 0 Å². The van der Waals surface area contributed by atoms with E-state index in [0.29, 0.717) is 6.04 Å². The average molecular weight is 291 g/mol. The predicted octanol–water partition coefficient (Wildman–Crippen LogP) is 2.30. The molecule has 1 spiro atoms.